The number of likely N-dealkylation sites (tertiary alicyclic amines) is 1. The number of carbonyl (C=O) groups excluding carboxylic acids is 2. The van der Waals surface area contributed by atoms with Crippen LogP contribution in [0.2, 0.25) is 0 Å². The quantitative estimate of drug-likeness (QED) is 0.732. The summed E-state index contributed by atoms with van der Waals surface area (Å²) < 4.78 is 19.3. The number of piperidine rings is 1. The van der Waals surface area contributed by atoms with Gasteiger partial charge in [-0.3, -0.25) is 19.0 Å². The highest BCUT2D eigenvalue weighted by molar-refractivity contribution is 5.77. The van der Waals surface area contributed by atoms with Gasteiger partial charge in [0.15, 0.2) is 0 Å². The molecular formula is C20H22FN3O4. The summed E-state index contributed by atoms with van der Waals surface area (Å²) in [6, 6.07) is 7.01. The second kappa shape index (κ2) is 8.77. The zero-order chi connectivity index (χ0) is 20.1. The largest absolute Gasteiger partial charge is 0.466 e. The van der Waals surface area contributed by atoms with Gasteiger partial charge in [-0.05, 0) is 44.0 Å². The van der Waals surface area contributed by atoms with Gasteiger partial charge >= 0.3 is 5.97 Å². The zero-order valence-corrected chi connectivity index (χ0v) is 15.6. The van der Waals surface area contributed by atoms with E-state index < -0.39 is 0 Å². The predicted molar refractivity (Wildman–Crippen MR) is 99.8 cm³/mol. The Balaban J connectivity index is 1.61. The van der Waals surface area contributed by atoms with E-state index in [4.69, 9.17) is 4.74 Å². The topological polar surface area (TPSA) is 81.5 Å². The fraction of sp³-hybridized carbons (Fsp3) is 0.400. The lowest BCUT2D eigenvalue weighted by atomic mass is 9.97. The molecule has 28 heavy (non-hydrogen) atoms. The lowest BCUT2D eigenvalue weighted by Crippen LogP contribution is -2.43. The Morgan fingerprint density at radius 3 is 2.50 bits per heavy atom. The van der Waals surface area contributed by atoms with Gasteiger partial charge < -0.3 is 9.64 Å². The summed E-state index contributed by atoms with van der Waals surface area (Å²) in [7, 11) is 0. The Labute approximate surface area is 161 Å². The summed E-state index contributed by atoms with van der Waals surface area (Å²) in [5.74, 6) is -0.954. The first-order valence-electron chi connectivity index (χ1n) is 9.24. The highest BCUT2D eigenvalue weighted by Crippen LogP contribution is 2.19. The fourth-order valence-electron chi connectivity index (χ4n) is 3.19. The van der Waals surface area contributed by atoms with E-state index in [1.54, 1.807) is 24.0 Å². The molecule has 0 radical (unpaired) electrons. The van der Waals surface area contributed by atoms with Crippen molar-refractivity contribution in [1.29, 1.82) is 0 Å². The van der Waals surface area contributed by atoms with Gasteiger partial charge in [0, 0.05) is 24.7 Å². The van der Waals surface area contributed by atoms with Crippen LogP contribution in [0, 0.1) is 11.7 Å². The minimum atomic E-state index is -0.366. The molecule has 1 amide bonds. The number of hydrogen-bond donors (Lipinski definition) is 0. The predicted octanol–water partition coefficient (Wildman–Crippen LogP) is 1.85. The SMILES string of the molecule is CCOC(=O)C1CCN(C(=O)Cn2cnc(-c3ccc(F)cc3)cc2=O)CC1. The van der Waals surface area contributed by atoms with Gasteiger partial charge in [-0.25, -0.2) is 9.37 Å². The van der Waals surface area contributed by atoms with Gasteiger partial charge in [0.2, 0.25) is 5.91 Å². The first kappa shape index (κ1) is 19.7. The molecule has 2 heterocycles. The molecule has 1 aliphatic rings. The second-order valence-corrected chi connectivity index (χ2v) is 6.65. The van der Waals surface area contributed by atoms with Gasteiger partial charge in [0.05, 0.1) is 24.5 Å². The molecule has 0 unspecified atom stereocenters. The highest BCUT2D eigenvalue weighted by Gasteiger charge is 2.28. The van der Waals surface area contributed by atoms with Crippen LogP contribution >= 0.6 is 0 Å². The van der Waals surface area contributed by atoms with Crippen molar-refractivity contribution < 1.29 is 18.7 Å². The van der Waals surface area contributed by atoms with E-state index >= 15 is 0 Å². The minimum Gasteiger partial charge on any atom is -0.466 e. The van der Waals surface area contributed by atoms with E-state index in [-0.39, 0.29) is 35.7 Å². The van der Waals surface area contributed by atoms with Crippen molar-refractivity contribution in [1.82, 2.24) is 14.5 Å². The fourth-order valence-corrected chi connectivity index (χ4v) is 3.19. The van der Waals surface area contributed by atoms with Crippen molar-refractivity contribution in [3.8, 4) is 11.3 Å². The molecule has 8 heteroatoms. The Hall–Kier alpha value is -3.03. The Morgan fingerprint density at radius 2 is 1.89 bits per heavy atom. The number of amides is 1. The highest BCUT2D eigenvalue weighted by atomic mass is 19.1. The molecule has 3 rings (SSSR count). The zero-order valence-electron chi connectivity index (χ0n) is 15.6. The van der Waals surface area contributed by atoms with E-state index in [1.807, 2.05) is 0 Å². The van der Waals surface area contributed by atoms with Gasteiger partial charge in [0.25, 0.3) is 5.56 Å². The molecule has 7 nitrogen and oxygen atoms in total. The number of hydrogen-bond acceptors (Lipinski definition) is 5. The third-order valence-corrected chi connectivity index (χ3v) is 4.79. The summed E-state index contributed by atoms with van der Waals surface area (Å²) >= 11 is 0. The number of carbonyl (C=O) groups is 2. The molecule has 0 bridgehead atoms. The number of esters is 1. The average Bonchev–Trinajstić information content (AvgIpc) is 2.70. The third-order valence-electron chi connectivity index (χ3n) is 4.79. The number of nitrogens with zero attached hydrogens (tertiary/aromatic N) is 3. The van der Waals surface area contributed by atoms with Crippen LogP contribution in [0.4, 0.5) is 4.39 Å². The number of ether oxygens (including phenoxy) is 1. The molecule has 0 atom stereocenters. The van der Waals surface area contributed by atoms with Crippen LogP contribution in [0.3, 0.4) is 0 Å². The smallest absolute Gasteiger partial charge is 0.309 e. The summed E-state index contributed by atoms with van der Waals surface area (Å²) in [5.41, 5.74) is 0.686. The molecule has 1 aromatic heterocycles. The minimum absolute atomic E-state index is 0.112. The summed E-state index contributed by atoms with van der Waals surface area (Å²) in [6.07, 6.45) is 2.44. The van der Waals surface area contributed by atoms with Gasteiger partial charge in [-0.1, -0.05) is 0 Å². The molecule has 148 valence electrons. The Bertz CT molecular complexity index is 902. The van der Waals surface area contributed by atoms with Crippen molar-refractivity contribution in [3.05, 3.63) is 52.8 Å². The second-order valence-electron chi connectivity index (χ2n) is 6.65. The molecule has 2 aromatic rings. The third kappa shape index (κ3) is 4.62. The summed E-state index contributed by atoms with van der Waals surface area (Å²) in [5, 5.41) is 0. The van der Waals surface area contributed by atoms with Crippen molar-refractivity contribution in [3.63, 3.8) is 0 Å². The monoisotopic (exact) mass is 387 g/mol. The van der Waals surface area contributed by atoms with Crippen LogP contribution in [0.1, 0.15) is 19.8 Å². The lowest BCUT2D eigenvalue weighted by Gasteiger charge is -2.31. The number of benzene rings is 1. The van der Waals surface area contributed by atoms with Crippen molar-refractivity contribution in [2.45, 2.75) is 26.3 Å². The standard InChI is InChI=1S/C20H22FN3O4/c1-2-28-20(27)15-7-9-23(10-8-15)19(26)12-24-13-22-17(11-18(24)25)14-3-5-16(21)6-4-14/h3-6,11,13,15H,2,7-10,12H2,1H3. The first-order chi connectivity index (χ1) is 13.5. The lowest BCUT2D eigenvalue weighted by molar-refractivity contribution is -0.151. The maximum Gasteiger partial charge on any atom is 0.309 e. The molecule has 1 fully saturated rings. The molecule has 1 saturated heterocycles. The van der Waals surface area contributed by atoms with Crippen LogP contribution in [0.5, 0.6) is 0 Å². The molecular weight excluding hydrogens is 365 g/mol. The summed E-state index contributed by atoms with van der Waals surface area (Å²) in [6.45, 7) is 2.92. The van der Waals surface area contributed by atoms with E-state index in [0.29, 0.717) is 43.8 Å². The summed E-state index contributed by atoms with van der Waals surface area (Å²) in [4.78, 5) is 42.5. The van der Waals surface area contributed by atoms with Crippen LogP contribution in [0.15, 0.2) is 41.5 Å². The Kier molecular flexibility index (Phi) is 6.18. The average molecular weight is 387 g/mol. The van der Waals surface area contributed by atoms with Crippen molar-refractivity contribution in [2.24, 2.45) is 5.92 Å². The normalized spacial score (nSPS) is 14.7. The molecule has 0 saturated carbocycles. The molecule has 0 N–H and O–H groups in total. The van der Waals surface area contributed by atoms with E-state index in [9.17, 15) is 18.8 Å². The van der Waals surface area contributed by atoms with Crippen LogP contribution in [-0.4, -0.2) is 46.0 Å². The van der Waals surface area contributed by atoms with E-state index in [2.05, 4.69) is 4.98 Å². The van der Waals surface area contributed by atoms with Crippen molar-refractivity contribution in [2.75, 3.05) is 19.7 Å². The molecule has 0 aliphatic carbocycles. The molecule has 1 aliphatic heterocycles. The maximum absolute atomic E-state index is 13.0. The molecule has 1 aromatic carbocycles. The van der Waals surface area contributed by atoms with Crippen LogP contribution in [-0.2, 0) is 20.9 Å². The van der Waals surface area contributed by atoms with Gasteiger partial charge in [-0.15, -0.1) is 0 Å². The van der Waals surface area contributed by atoms with Crippen LogP contribution in [0.25, 0.3) is 11.3 Å². The number of rotatable bonds is 5. The number of aromatic nitrogens is 2. The van der Waals surface area contributed by atoms with Crippen molar-refractivity contribution >= 4 is 11.9 Å². The van der Waals surface area contributed by atoms with Gasteiger partial charge in [-0.2, -0.15) is 0 Å². The first-order valence-corrected chi connectivity index (χ1v) is 9.24. The van der Waals surface area contributed by atoms with E-state index in [0.717, 1.165) is 0 Å². The number of halogens is 1. The van der Waals surface area contributed by atoms with Gasteiger partial charge in [0.1, 0.15) is 12.4 Å². The molecule has 0 spiro atoms. The Morgan fingerprint density at radius 1 is 1.21 bits per heavy atom. The maximum atomic E-state index is 13.0. The van der Waals surface area contributed by atoms with E-state index in [1.165, 1.54) is 29.1 Å². The van der Waals surface area contributed by atoms with Crippen LogP contribution < -0.4 is 5.56 Å².